The summed E-state index contributed by atoms with van der Waals surface area (Å²) >= 11 is 0. The third-order valence-corrected chi connectivity index (χ3v) is 3.57. The quantitative estimate of drug-likeness (QED) is 0.858. The maximum absolute atomic E-state index is 13.0. The average Bonchev–Trinajstić information content (AvgIpc) is 2.97. The number of aliphatic hydroxyl groups is 1. The number of hydrogen-bond acceptors (Lipinski definition) is 3. The van der Waals surface area contributed by atoms with Crippen LogP contribution in [0.5, 0.6) is 0 Å². The van der Waals surface area contributed by atoms with Gasteiger partial charge in [-0.25, -0.2) is 9.07 Å². The number of rotatable bonds is 6. The Bertz CT molecular complexity index is 633. The fourth-order valence-corrected chi connectivity index (χ4v) is 2.25. The van der Waals surface area contributed by atoms with E-state index in [9.17, 15) is 14.3 Å². The molecule has 0 saturated heterocycles. The molecule has 1 amide bonds. The van der Waals surface area contributed by atoms with Crippen LogP contribution in [-0.4, -0.2) is 33.4 Å². The van der Waals surface area contributed by atoms with Gasteiger partial charge in [-0.3, -0.25) is 4.79 Å². The summed E-state index contributed by atoms with van der Waals surface area (Å²) in [5.41, 5.74) is 1.92. The van der Waals surface area contributed by atoms with Crippen molar-refractivity contribution in [2.24, 2.45) is 0 Å². The first kappa shape index (κ1) is 16.2. The maximum atomic E-state index is 13.0. The van der Waals surface area contributed by atoms with E-state index in [0.717, 1.165) is 5.69 Å². The summed E-state index contributed by atoms with van der Waals surface area (Å²) in [7, 11) is 0. The van der Waals surface area contributed by atoms with Gasteiger partial charge in [0.25, 0.3) is 5.91 Å². The van der Waals surface area contributed by atoms with Crippen LogP contribution in [0.15, 0.2) is 30.5 Å². The lowest BCUT2D eigenvalue weighted by Crippen LogP contribution is -2.37. The van der Waals surface area contributed by atoms with Crippen LogP contribution < -0.4 is 5.32 Å². The van der Waals surface area contributed by atoms with Crippen LogP contribution in [0.25, 0.3) is 5.69 Å². The zero-order chi connectivity index (χ0) is 16.1. The molecule has 0 aliphatic heterocycles. The van der Waals surface area contributed by atoms with Gasteiger partial charge in [-0.1, -0.05) is 13.8 Å². The van der Waals surface area contributed by atoms with Gasteiger partial charge in [0.1, 0.15) is 5.82 Å². The number of aromatic nitrogens is 2. The van der Waals surface area contributed by atoms with Gasteiger partial charge in [0.15, 0.2) is 0 Å². The Kier molecular flexibility index (Phi) is 5.27. The molecule has 6 heteroatoms. The molecule has 118 valence electrons. The van der Waals surface area contributed by atoms with E-state index in [1.165, 1.54) is 18.3 Å². The Balaban J connectivity index is 2.31. The molecule has 0 aliphatic carbocycles. The minimum Gasteiger partial charge on any atom is -0.394 e. The molecule has 0 bridgehead atoms. The van der Waals surface area contributed by atoms with E-state index >= 15 is 0 Å². The van der Waals surface area contributed by atoms with Gasteiger partial charge in [0.2, 0.25) is 0 Å². The van der Waals surface area contributed by atoms with E-state index in [-0.39, 0.29) is 24.4 Å². The molecule has 22 heavy (non-hydrogen) atoms. The summed E-state index contributed by atoms with van der Waals surface area (Å²) in [6.07, 6.45) is 2.76. The van der Waals surface area contributed by atoms with Gasteiger partial charge in [0.05, 0.1) is 35.8 Å². The van der Waals surface area contributed by atoms with Crippen molar-refractivity contribution in [3.05, 3.63) is 47.5 Å². The van der Waals surface area contributed by atoms with E-state index in [0.29, 0.717) is 24.1 Å². The number of aliphatic hydroxyl groups excluding tert-OH is 1. The number of nitrogens with zero attached hydrogens (tertiary/aromatic N) is 2. The van der Waals surface area contributed by atoms with Crippen molar-refractivity contribution in [2.45, 2.75) is 32.7 Å². The zero-order valence-corrected chi connectivity index (χ0v) is 12.7. The Morgan fingerprint density at radius 2 is 2.05 bits per heavy atom. The predicted molar refractivity (Wildman–Crippen MR) is 81.5 cm³/mol. The van der Waals surface area contributed by atoms with Gasteiger partial charge in [0, 0.05) is 0 Å². The number of carbonyl (C=O) groups is 1. The Morgan fingerprint density at radius 1 is 1.36 bits per heavy atom. The molecule has 0 spiro atoms. The summed E-state index contributed by atoms with van der Waals surface area (Å²) < 4.78 is 14.7. The van der Waals surface area contributed by atoms with Crippen LogP contribution in [0, 0.1) is 5.82 Å². The molecule has 1 heterocycles. The zero-order valence-electron chi connectivity index (χ0n) is 12.7. The largest absolute Gasteiger partial charge is 0.394 e. The molecule has 1 unspecified atom stereocenters. The summed E-state index contributed by atoms with van der Waals surface area (Å²) in [6, 6.07) is 5.67. The topological polar surface area (TPSA) is 67.2 Å². The Morgan fingerprint density at radius 3 is 2.59 bits per heavy atom. The first-order valence-electron chi connectivity index (χ1n) is 7.35. The van der Waals surface area contributed by atoms with Crippen molar-refractivity contribution in [3.8, 4) is 5.69 Å². The van der Waals surface area contributed by atoms with Crippen LogP contribution in [0.4, 0.5) is 4.39 Å². The fourth-order valence-electron chi connectivity index (χ4n) is 2.25. The molecule has 0 saturated carbocycles. The van der Waals surface area contributed by atoms with Crippen LogP contribution in [-0.2, 0) is 6.42 Å². The van der Waals surface area contributed by atoms with Crippen molar-refractivity contribution in [1.29, 1.82) is 0 Å². The lowest BCUT2D eigenvalue weighted by Gasteiger charge is -2.14. The highest BCUT2D eigenvalue weighted by atomic mass is 19.1. The molecule has 2 aromatic rings. The number of carbonyl (C=O) groups excluding carboxylic acids is 1. The van der Waals surface area contributed by atoms with Gasteiger partial charge < -0.3 is 10.4 Å². The van der Waals surface area contributed by atoms with Crippen molar-refractivity contribution < 1.29 is 14.3 Å². The van der Waals surface area contributed by atoms with Crippen molar-refractivity contribution in [1.82, 2.24) is 15.1 Å². The molecule has 0 fully saturated rings. The number of amides is 1. The van der Waals surface area contributed by atoms with E-state index in [4.69, 9.17) is 0 Å². The van der Waals surface area contributed by atoms with E-state index in [1.807, 2.05) is 13.8 Å². The lowest BCUT2D eigenvalue weighted by atomic mass is 10.1. The first-order valence-corrected chi connectivity index (χ1v) is 7.35. The molecule has 0 aliphatic rings. The highest BCUT2D eigenvalue weighted by Crippen LogP contribution is 2.16. The lowest BCUT2D eigenvalue weighted by molar-refractivity contribution is 0.0914. The highest BCUT2D eigenvalue weighted by Gasteiger charge is 2.19. The van der Waals surface area contributed by atoms with Crippen LogP contribution in [0.2, 0.25) is 0 Å². The SMILES string of the molecule is CCc1c(C(=O)NC(CC)CO)cnn1-c1ccc(F)cc1. The normalized spacial score (nSPS) is 12.2. The summed E-state index contributed by atoms with van der Waals surface area (Å²) in [6.45, 7) is 3.72. The number of hydrogen-bond donors (Lipinski definition) is 2. The molecule has 2 N–H and O–H groups in total. The first-order chi connectivity index (χ1) is 10.6. The van der Waals surface area contributed by atoms with Crippen molar-refractivity contribution >= 4 is 5.91 Å². The number of halogens is 1. The maximum Gasteiger partial charge on any atom is 0.255 e. The summed E-state index contributed by atoms with van der Waals surface area (Å²) in [4.78, 5) is 12.3. The second-order valence-electron chi connectivity index (χ2n) is 5.01. The summed E-state index contributed by atoms with van der Waals surface area (Å²) in [5.74, 6) is -0.577. The fraction of sp³-hybridized carbons (Fsp3) is 0.375. The molecule has 1 atom stereocenters. The molecule has 0 radical (unpaired) electrons. The van der Waals surface area contributed by atoms with E-state index in [2.05, 4.69) is 10.4 Å². The molecule has 1 aromatic heterocycles. The Labute approximate surface area is 128 Å². The van der Waals surface area contributed by atoms with Crippen LogP contribution in [0.3, 0.4) is 0 Å². The third-order valence-electron chi connectivity index (χ3n) is 3.57. The molecule has 2 rings (SSSR count). The average molecular weight is 305 g/mol. The number of benzene rings is 1. The standard InChI is InChI=1S/C16H20FN3O2/c1-3-12(10-21)19-16(22)14-9-18-20(15(14)4-2)13-7-5-11(17)6-8-13/h5-9,12,21H,3-4,10H2,1-2H3,(H,19,22). The minimum atomic E-state index is -0.319. The Hall–Kier alpha value is -2.21. The van der Waals surface area contributed by atoms with Crippen LogP contribution >= 0.6 is 0 Å². The number of nitrogens with one attached hydrogen (secondary N) is 1. The molecule has 1 aromatic carbocycles. The predicted octanol–water partition coefficient (Wildman–Crippen LogP) is 2.07. The third kappa shape index (κ3) is 3.33. The van der Waals surface area contributed by atoms with E-state index < -0.39 is 0 Å². The van der Waals surface area contributed by atoms with E-state index in [1.54, 1.807) is 16.8 Å². The summed E-state index contributed by atoms with van der Waals surface area (Å²) in [5, 5.41) is 16.2. The van der Waals surface area contributed by atoms with Crippen molar-refractivity contribution in [3.63, 3.8) is 0 Å². The van der Waals surface area contributed by atoms with Gasteiger partial charge in [-0.2, -0.15) is 5.10 Å². The molecule has 5 nitrogen and oxygen atoms in total. The monoisotopic (exact) mass is 305 g/mol. The second kappa shape index (κ2) is 7.17. The molecular formula is C16H20FN3O2. The second-order valence-corrected chi connectivity index (χ2v) is 5.01. The highest BCUT2D eigenvalue weighted by molar-refractivity contribution is 5.95. The van der Waals surface area contributed by atoms with Crippen LogP contribution in [0.1, 0.15) is 36.3 Å². The van der Waals surface area contributed by atoms with Gasteiger partial charge in [-0.05, 0) is 37.1 Å². The minimum absolute atomic E-state index is 0.101. The smallest absolute Gasteiger partial charge is 0.255 e. The van der Waals surface area contributed by atoms with Gasteiger partial charge >= 0.3 is 0 Å². The van der Waals surface area contributed by atoms with Crippen molar-refractivity contribution in [2.75, 3.05) is 6.61 Å². The molecular weight excluding hydrogens is 285 g/mol. The van der Waals surface area contributed by atoms with Gasteiger partial charge in [-0.15, -0.1) is 0 Å².